The van der Waals surface area contributed by atoms with E-state index >= 15 is 0 Å². The quantitative estimate of drug-likeness (QED) is 0.391. The molecule has 0 bridgehead atoms. The summed E-state index contributed by atoms with van der Waals surface area (Å²) in [6.45, 7) is 2.38. The molecule has 2 heterocycles. The van der Waals surface area contributed by atoms with E-state index in [1.165, 1.54) is 26.2 Å². The van der Waals surface area contributed by atoms with Gasteiger partial charge >= 0.3 is 0 Å². The number of methoxy groups -OCH3 is 3. The molecule has 8 heteroatoms. The van der Waals surface area contributed by atoms with Gasteiger partial charge in [0.25, 0.3) is 11.7 Å². The Morgan fingerprint density at radius 2 is 1.91 bits per heavy atom. The summed E-state index contributed by atoms with van der Waals surface area (Å²) in [6, 6.07) is 9.57. The van der Waals surface area contributed by atoms with E-state index in [0.29, 0.717) is 29.0 Å². The average molecular weight is 453 g/mol. The molecule has 2 aliphatic rings. The van der Waals surface area contributed by atoms with Gasteiger partial charge in [0.1, 0.15) is 29.1 Å². The summed E-state index contributed by atoms with van der Waals surface area (Å²) in [5.41, 5.74) is 1.96. The number of amides is 1. The normalized spacial score (nSPS) is 21.2. The number of aliphatic hydroxyl groups is 1. The predicted molar refractivity (Wildman–Crippen MR) is 121 cm³/mol. The fourth-order valence-corrected chi connectivity index (χ4v) is 4.39. The molecule has 33 heavy (non-hydrogen) atoms. The maximum atomic E-state index is 13.1. The lowest BCUT2D eigenvalue weighted by Gasteiger charge is -2.26. The SMILES string of the molecule is COCCN1C(=O)C(=O)/C(=C(/O)c2ccc3c(c2)CC(C)O3)C1c1ccc(OC)cc1OC. The number of ketones is 1. The van der Waals surface area contributed by atoms with Gasteiger partial charge in [0.05, 0.1) is 32.4 Å². The molecule has 2 aliphatic heterocycles. The van der Waals surface area contributed by atoms with Crippen molar-refractivity contribution >= 4 is 17.4 Å². The van der Waals surface area contributed by atoms with Gasteiger partial charge in [-0.2, -0.15) is 0 Å². The molecule has 0 aromatic heterocycles. The van der Waals surface area contributed by atoms with Crippen molar-refractivity contribution < 1.29 is 33.6 Å². The highest BCUT2D eigenvalue weighted by Gasteiger charge is 2.47. The van der Waals surface area contributed by atoms with E-state index in [4.69, 9.17) is 18.9 Å². The maximum Gasteiger partial charge on any atom is 0.295 e. The van der Waals surface area contributed by atoms with E-state index in [1.807, 2.05) is 6.92 Å². The van der Waals surface area contributed by atoms with Crippen molar-refractivity contribution in [3.05, 3.63) is 58.7 Å². The highest BCUT2D eigenvalue weighted by Crippen LogP contribution is 2.44. The Hall–Kier alpha value is -3.52. The summed E-state index contributed by atoms with van der Waals surface area (Å²) in [7, 11) is 4.56. The number of carbonyl (C=O) groups excluding carboxylic acids is 2. The molecule has 2 aromatic rings. The van der Waals surface area contributed by atoms with Gasteiger partial charge in [-0.3, -0.25) is 9.59 Å². The predicted octanol–water partition coefficient (Wildman–Crippen LogP) is 3.10. The molecule has 2 atom stereocenters. The Kier molecular flexibility index (Phi) is 6.29. The lowest BCUT2D eigenvalue weighted by Crippen LogP contribution is -2.32. The van der Waals surface area contributed by atoms with Crippen molar-refractivity contribution in [1.82, 2.24) is 4.90 Å². The minimum absolute atomic E-state index is 0.00600. The second-order valence-corrected chi connectivity index (χ2v) is 8.05. The van der Waals surface area contributed by atoms with Crippen LogP contribution in [-0.4, -0.2) is 62.3 Å². The van der Waals surface area contributed by atoms with E-state index in [9.17, 15) is 14.7 Å². The number of Topliss-reactive ketones (excluding diaryl/α,β-unsaturated/α-hetero) is 1. The molecule has 174 valence electrons. The van der Waals surface area contributed by atoms with Crippen LogP contribution in [0.2, 0.25) is 0 Å². The Morgan fingerprint density at radius 3 is 2.61 bits per heavy atom. The van der Waals surface area contributed by atoms with E-state index in [2.05, 4.69) is 0 Å². The maximum absolute atomic E-state index is 13.1. The van der Waals surface area contributed by atoms with Crippen LogP contribution >= 0.6 is 0 Å². The van der Waals surface area contributed by atoms with Gasteiger partial charge in [-0.1, -0.05) is 0 Å². The number of hydrogen-bond donors (Lipinski definition) is 1. The highest BCUT2D eigenvalue weighted by molar-refractivity contribution is 6.46. The molecule has 1 N–H and O–H groups in total. The van der Waals surface area contributed by atoms with Crippen LogP contribution in [0.4, 0.5) is 0 Å². The summed E-state index contributed by atoms with van der Waals surface area (Å²) in [5, 5.41) is 11.3. The molecule has 2 unspecified atom stereocenters. The molecule has 0 radical (unpaired) electrons. The summed E-state index contributed by atoms with van der Waals surface area (Å²) < 4.78 is 21.7. The van der Waals surface area contributed by atoms with Crippen LogP contribution in [0.3, 0.4) is 0 Å². The van der Waals surface area contributed by atoms with Crippen molar-refractivity contribution in [3.8, 4) is 17.2 Å². The molecule has 1 fully saturated rings. The van der Waals surface area contributed by atoms with Gasteiger partial charge in [0.15, 0.2) is 0 Å². The smallest absolute Gasteiger partial charge is 0.295 e. The van der Waals surface area contributed by atoms with Gasteiger partial charge in [-0.25, -0.2) is 0 Å². The fraction of sp³-hybridized carbons (Fsp3) is 0.360. The number of carbonyl (C=O) groups is 2. The van der Waals surface area contributed by atoms with Gasteiger partial charge in [0, 0.05) is 37.3 Å². The van der Waals surface area contributed by atoms with Crippen LogP contribution in [0.1, 0.15) is 29.7 Å². The monoisotopic (exact) mass is 453 g/mol. The molecular formula is C25H27NO7. The molecule has 0 spiro atoms. The van der Waals surface area contributed by atoms with Crippen molar-refractivity contribution in [2.45, 2.75) is 25.5 Å². The molecule has 0 aliphatic carbocycles. The first-order valence-electron chi connectivity index (χ1n) is 10.7. The van der Waals surface area contributed by atoms with E-state index in [1.54, 1.807) is 36.4 Å². The minimum Gasteiger partial charge on any atom is -0.507 e. The Morgan fingerprint density at radius 1 is 1.12 bits per heavy atom. The lowest BCUT2D eigenvalue weighted by molar-refractivity contribution is -0.140. The third-order valence-electron chi connectivity index (χ3n) is 5.98. The molecule has 4 rings (SSSR count). The van der Waals surface area contributed by atoms with Crippen molar-refractivity contribution in [3.63, 3.8) is 0 Å². The van der Waals surface area contributed by atoms with Crippen LogP contribution in [0.5, 0.6) is 17.2 Å². The number of ether oxygens (including phenoxy) is 4. The summed E-state index contributed by atoms with van der Waals surface area (Å²) >= 11 is 0. The van der Waals surface area contributed by atoms with Gasteiger partial charge in [0.2, 0.25) is 0 Å². The second-order valence-electron chi connectivity index (χ2n) is 8.05. The molecule has 0 saturated carbocycles. The lowest BCUT2D eigenvalue weighted by atomic mass is 9.93. The van der Waals surface area contributed by atoms with Crippen molar-refractivity contribution in [1.29, 1.82) is 0 Å². The zero-order valence-electron chi connectivity index (χ0n) is 19.1. The summed E-state index contributed by atoms with van der Waals surface area (Å²) in [4.78, 5) is 27.5. The topological polar surface area (TPSA) is 94.5 Å². The second kappa shape index (κ2) is 9.15. The van der Waals surface area contributed by atoms with Crippen LogP contribution in [0, 0.1) is 0 Å². The van der Waals surface area contributed by atoms with Crippen LogP contribution in [0.25, 0.3) is 5.76 Å². The van der Waals surface area contributed by atoms with Gasteiger partial charge in [-0.05, 0) is 42.8 Å². The fourth-order valence-electron chi connectivity index (χ4n) is 4.39. The molecule has 8 nitrogen and oxygen atoms in total. The van der Waals surface area contributed by atoms with Gasteiger partial charge < -0.3 is 29.0 Å². The summed E-state index contributed by atoms with van der Waals surface area (Å²) in [6.07, 6.45) is 0.745. The van der Waals surface area contributed by atoms with E-state index in [-0.39, 0.29) is 30.6 Å². The number of hydrogen-bond acceptors (Lipinski definition) is 7. The van der Waals surface area contributed by atoms with Crippen molar-refractivity contribution in [2.75, 3.05) is 34.5 Å². The minimum atomic E-state index is -0.843. The average Bonchev–Trinajstić information content (AvgIpc) is 3.32. The first-order valence-corrected chi connectivity index (χ1v) is 10.7. The van der Waals surface area contributed by atoms with Crippen LogP contribution < -0.4 is 14.2 Å². The number of aliphatic hydroxyl groups excluding tert-OH is 1. The molecule has 1 saturated heterocycles. The zero-order chi connectivity index (χ0) is 23.7. The largest absolute Gasteiger partial charge is 0.507 e. The first-order chi connectivity index (χ1) is 15.9. The number of benzene rings is 2. The Balaban J connectivity index is 1.87. The summed E-state index contributed by atoms with van der Waals surface area (Å²) in [5.74, 6) is 0.0700. The van der Waals surface area contributed by atoms with E-state index < -0.39 is 17.7 Å². The van der Waals surface area contributed by atoms with Gasteiger partial charge in [-0.15, -0.1) is 0 Å². The van der Waals surface area contributed by atoms with Crippen molar-refractivity contribution in [2.24, 2.45) is 0 Å². The van der Waals surface area contributed by atoms with Crippen LogP contribution in [0.15, 0.2) is 42.0 Å². The zero-order valence-corrected chi connectivity index (χ0v) is 19.1. The molecule has 1 amide bonds. The van der Waals surface area contributed by atoms with E-state index in [0.717, 1.165) is 11.3 Å². The molecular weight excluding hydrogens is 426 g/mol. The Labute approximate surface area is 192 Å². The first kappa shape index (κ1) is 22.7. The molecule has 2 aromatic carbocycles. The van der Waals surface area contributed by atoms with Crippen LogP contribution in [-0.2, 0) is 20.7 Å². The third-order valence-corrected chi connectivity index (χ3v) is 5.98. The number of rotatable bonds is 7. The highest BCUT2D eigenvalue weighted by atomic mass is 16.5. The number of nitrogens with zero attached hydrogens (tertiary/aromatic N) is 1. The standard InChI is InChI=1S/C25H27NO7/c1-14-11-16-12-15(5-8-19(16)33-14)23(27)21-22(26(9-10-30-2)25(29)24(21)28)18-7-6-17(31-3)13-20(18)32-4/h5-8,12-14,22,27H,9-11H2,1-4H3/b23-21+. The Bertz CT molecular complexity index is 1120. The number of fused-ring (bicyclic) bond motifs is 1. The number of likely N-dealkylation sites (tertiary alicyclic amines) is 1. The third kappa shape index (κ3) is 4.02.